The van der Waals surface area contributed by atoms with Gasteiger partial charge in [-0.3, -0.25) is 38.7 Å². The van der Waals surface area contributed by atoms with Gasteiger partial charge < -0.3 is 20.1 Å². The highest BCUT2D eigenvalue weighted by molar-refractivity contribution is 5.86. The zero-order chi connectivity index (χ0) is 23.3. The Kier molecular flexibility index (Phi) is 12.4. The summed E-state index contributed by atoms with van der Waals surface area (Å²) in [6.07, 6.45) is 0. The Morgan fingerprint density at radius 1 is 0.733 bits per heavy atom. The number of Topliss-reactive ketones (excluding diaryl/α,β-unsaturated/α-hetero) is 1. The first kappa shape index (κ1) is 27.4. The van der Waals surface area contributed by atoms with E-state index in [1.165, 1.54) is 14.7 Å². The van der Waals surface area contributed by atoms with Gasteiger partial charge in [-0.1, -0.05) is 20.8 Å². The van der Waals surface area contributed by atoms with Crippen molar-refractivity contribution in [2.24, 2.45) is 5.41 Å². The Labute approximate surface area is 175 Å². The molecule has 0 saturated carbocycles. The van der Waals surface area contributed by atoms with Crippen LogP contribution in [-0.2, 0) is 28.7 Å². The summed E-state index contributed by atoms with van der Waals surface area (Å²) in [6, 6.07) is 0. The maximum absolute atomic E-state index is 12.3. The number of ketones is 1. The van der Waals surface area contributed by atoms with Gasteiger partial charge in [0.25, 0.3) is 6.47 Å². The smallest absolute Gasteiger partial charge is 0.317 e. The Morgan fingerprint density at radius 3 is 1.57 bits per heavy atom. The van der Waals surface area contributed by atoms with Gasteiger partial charge in [-0.05, 0) is 0 Å². The van der Waals surface area contributed by atoms with Crippen LogP contribution in [0.2, 0.25) is 0 Å². The van der Waals surface area contributed by atoms with Crippen molar-refractivity contribution in [2.45, 2.75) is 20.8 Å². The molecule has 0 aliphatic rings. The summed E-state index contributed by atoms with van der Waals surface area (Å²) in [7, 11) is 0. The Balaban J connectivity index is 5.02. The van der Waals surface area contributed by atoms with E-state index in [9.17, 15) is 24.0 Å². The summed E-state index contributed by atoms with van der Waals surface area (Å²) < 4.78 is 4.56. The number of nitrogens with zero attached hydrogens (tertiary/aromatic N) is 3. The van der Waals surface area contributed by atoms with Gasteiger partial charge in [0.1, 0.15) is 6.73 Å². The molecule has 0 spiro atoms. The number of hydrogen-bond donors (Lipinski definition) is 3. The number of carbonyl (C=O) groups excluding carboxylic acids is 2. The minimum atomic E-state index is -1.14. The second-order valence-electron chi connectivity index (χ2n) is 7.79. The van der Waals surface area contributed by atoms with E-state index in [0.29, 0.717) is 0 Å². The molecule has 0 saturated heterocycles. The van der Waals surface area contributed by atoms with Crippen molar-refractivity contribution in [1.82, 2.24) is 14.7 Å². The van der Waals surface area contributed by atoms with Gasteiger partial charge in [0.2, 0.25) is 0 Å². The zero-order valence-electron chi connectivity index (χ0n) is 17.6. The molecule has 0 aliphatic heterocycles. The molecule has 0 aliphatic carbocycles. The van der Waals surface area contributed by atoms with Crippen molar-refractivity contribution in [3.63, 3.8) is 0 Å². The Morgan fingerprint density at radius 2 is 1.13 bits per heavy atom. The fourth-order valence-electron chi connectivity index (χ4n) is 2.39. The lowest BCUT2D eigenvalue weighted by molar-refractivity contribution is -0.144. The average Bonchev–Trinajstić information content (AvgIpc) is 2.59. The largest absolute Gasteiger partial charge is 0.480 e. The summed E-state index contributed by atoms with van der Waals surface area (Å²) in [4.78, 5) is 60.0. The second-order valence-corrected chi connectivity index (χ2v) is 7.79. The third kappa shape index (κ3) is 13.6. The minimum absolute atomic E-state index is 0.0883. The van der Waals surface area contributed by atoms with E-state index < -0.39 is 29.9 Å². The van der Waals surface area contributed by atoms with Gasteiger partial charge in [-0.2, -0.15) is 0 Å². The van der Waals surface area contributed by atoms with Crippen LogP contribution in [-0.4, -0.2) is 119 Å². The van der Waals surface area contributed by atoms with Gasteiger partial charge in [0, 0.05) is 31.6 Å². The van der Waals surface area contributed by atoms with Crippen molar-refractivity contribution in [3.05, 3.63) is 0 Å². The maximum atomic E-state index is 12.3. The number of carboxylic acid groups (broad SMARTS) is 3. The summed E-state index contributed by atoms with van der Waals surface area (Å²) in [5, 5.41) is 27.1. The van der Waals surface area contributed by atoms with Gasteiger partial charge in [0.15, 0.2) is 5.78 Å². The van der Waals surface area contributed by atoms with E-state index >= 15 is 0 Å². The molecule has 0 rings (SSSR count). The number of aliphatic carboxylic acids is 3. The predicted octanol–water partition coefficient (Wildman–Crippen LogP) is -1.11. The lowest BCUT2D eigenvalue weighted by atomic mass is 9.90. The molecule has 0 atom stereocenters. The first-order valence-corrected chi connectivity index (χ1v) is 9.26. The van der Waals surface area contributed by atoms with E-state index in [2.05, 4.69) is 4.74 Å². The van der Waals surface area contributed by atoms with Crippen LogP contribution in [0, 0.1) is 5.41 Å². The molecule has 0 amide bonds. The quantitative estimate of drug-likeness (QED) is 0.187. The lowest BCUT2D eigenvalue weighted by Gasteiger charge is -2.29. The van der Waals surface area contributed by atoms with Crippen LogP contribution >= 0.6 is 0 Å². The van der Waals surface area contributed by atoms with Gasteiger partial charge >= 0.3 is 17.9 Å². The number of carboxylic acids is 3. The van der Waals surface area contributed by atoms with E-state index in [1.54, 1.807) is 20.8 Å². The van der Waals surface area contributed by atoms with Gasteiger partial charge in [-0.25, -0.2) is 0 Å². The molecule has 0 aromatic heterocycles. The van der Waals surface area contributed by atoms with Crippen molar-refractivity contribution < 1.29 is 44.0 Å². The molecule has 12 heteroatoms. The summed E-state index contributed by atoms with van der Waals surface area (Å²) in [5.74, 6) is -3.51. The molecule has 3 N–H and O–H groups in total. The molecule has 0 aromatic carbocycles. The predicted molar refractivity (Wildman–Crippen MR) is 104 cm³/mol. The van der Waals surface area contributed by atoms with Crippen molar-refractivity contribution in [3.8, 4) is 0 Å². The van der Waals surface area contributed by atoms with E-state index in [1.807, 2.05) is 0 Å². The van der Waals surface area contributed by atoms with Crippen molar-refractivity contribution in [1.29, 1.82) is 0 Å². The number of rotatable bonds is 17. The van der Waals surface area contributed by atoms with Crippen molar-refractivity contribution >= 4 is 30.2 Å². The molecule has 30 heavy (non-hydrogen) atoms. The van der Waals surface area contributed by atoms with Crippen LogP contribution in [0.5, 0.6) is 0 Å². The summed E-state index contributed by atoms with van der Waals surface area (Å²) >= 11 is 0. The standard InChI is InChI=1S/C18H31N3O9/c1-18(2,3)14(23)8-20(10-16(26)27)6-4-19(9-15(24)25)5-7-21(11-17(28)29)12-30-13-22/h13H,4-12H2,1-3H3,(H,24,25)(H,26,27)(H,28,29). The molecule has 0 aromatic rings. The van der Waals surface area contributed by atoms with Crippen LogP contribution in [0.3, 0.4) is 0 Å². The average molecular weight is 433 g/mol. The van der Waals surface area contributed by atoms with Crippen molar-refractivity contribution in [2.75, 3.05) is 59.1 Å². The third-order valence-electron chi connectivity index (χ3n) is 4.07. The Hall–Kier alpha value is -2.57. The highest BCUT2D eigenvalue weighted by atomic mass is 16.5. The molecule has 0 radical (unpaired) electrons. The fourth-order valence-corrected chi connectivity index (χ4v) is 2.39. The molecule has 0 bridgehead atoms. The first-order chi connectivity index (χ1) is 13.8. The highest BCUT2D eigenvalue weighted by Gasteiger charge is 2.25. The third-order valence-corrected chi connectivity index (χ3v) is 4.07. The van der Waals surface area contributed by atoms with Gasteiger partial charge in [-0.15, -0.1) is 0 Å². The molecular formula is C18H31N3O9. The van der Waals surface area contributed by atoms with Crippen LogP contribution in [0.25, 0.3) is 0 Å². The van der Waals surface area contributed by atoms with Gasteiger partial charge in [0.05, 0.1) is 26.2 Å². The molecule has 12 nitrogen and oxygen atoms in total. The zero-order valence-corrected chi connectivity index (χ0v) is 17.6. The van der Waals surface area contributed by atoms with E-state index in [-0.39, 0.29) is 64.8 Å². The normalized spacial score (nSPS) is 11.7. The molecule has 0 heterocycles. The highest BCUT2D eigenvalue weighted by Crippen LogP contribution is 2.15. The lowest BCUT2D eigenvalue weighted by Crippen LogP contribution is -2.46. The molecule has 0 fully saturated rings. The van der Waals surface area contributed by atoms with Crippen LogP contribution in [0.15, 0.2) is 0 Å². The molecular weight excluding hydrogens is 402 g/mol. The van der Waals surface area contributed by atoms with Crippen LogP contribution in [0.1, 0.15) is 20.8 Å². The van der Waals surface area contributed by atoms with E-state index in [0.717, 1.165) is 0 Å². The minimum Gasteiger partial charge on any atom is -0.480 e. The summed E-state index contributed by atoms with van der Waals surface area (Å²) in [6.45, 7) is 4.39. The Bertz CT molecular complexity index is 604. The first-order valence-electron chi connectivity index (χ1n) is 9.26. The van der Waals surface area contributed by atoms with Crippen LogP contribution < -0.4 is 0 Å². The number of carbonyl (C=O) groups is 5. The van der Waals surface area contributed by atoms with Crippen LogP contribution in [0.4, 0.5) is 0 Å². The number of hydrogen-bond acceptors (Lipinski definition) is 9. The second kappa shape index (κ2) is 13.6. The monoisotopic (exact) mass is 433 g/mol. The maximum Gasteiger partial charge on any atom is 0.317 e. The summed E-state index contributed by atoms with van der Waals surface area (Å²) in [5.41, 5.74) is -0.645. The van der Waals surface area contributed by atoms with E-state index in [4.69, 9.17) is 15.3 Å². The topological polar surface area (TPSA) is 165 Å². The fraction of sp³-hybridized carbons (Fsp3) is 0.722. The SMILES string of the molecule is CC(C)(C)C(=O)CN(CCN(CCN(COC=O)CC(=O)O)CC(=O)O)CC(=O)O. The number of ether oxygens (including phenoxy) is 1. The molecule has 0 unspecified atom stereocenters. The molecule has 172 valence electrons.